The van der Waals surface area contributed by atoms with Crippen LogP contribution in [0.5, 0.6) is 5.75 Å². The molecule has 3 N–H and O–H groups in total. The second-order valence-electron chi connectivity index (χ2n) is 6.85. The summed E-state index contributed by atoms with van der Waals surface area (Å²) in [5.74, 6) is -0.110. The molecule has 4 rings (SSSR count). The van der Waals surface area contributed by atoms with Gasteiger partial charge >= 0.3 is 0 Å². The summed E-state index contributed by atoms with van der Waals surface area (Å²) in [6.45, 7) is 0. The molecule has 31 heavy (non-hydrogen) atoms. The number of aromatic nitrogens is 1. The monoisotopic (exact) mass is 411 g/mol. The van der Waals surface area contributed by atoms with Crippen LogP contribution in [0.25, 0.3) is 17.0 Å². The van der Waals surface area contributed by atoms with E-state index in [9.17, 15) is 9.59 Å². The highest BCUT2D eigenvalue weighted by Gasteiger charge is 2.16. The Bertz CT molecular complexity index is 1240. The molecule has 0 bridgehead atoms. The fourth-order valence-electron chi connectivity index (χ4n) is 3.18. The average Bonchev–Trinajstić information content (AvgIpc) is 3.22. The maximum Gasteiger partial charge on any atom is 0.272 e. The number of benzene rings is 3. The molecule has 2 amide bonds. The van der Waals surface area contributed by atoms with Crippen molar-refractivity contribution in [3.63, 3.8) is 0 Å². The number of carbonyl (C=O) groups excluding carboxylic acids is 2. The lowest BCUT2D eigenvalue weighted by Gasteiger charge is -2.11. The largest absolute Gasteiger partial charge is 0.497 e. The Hall–Kier alpha value is -4.32. The average molecular weight is 411 g/mol. The molecule has 0 saturated carbocycles. The molecule has 0 aliphatic rings. The van der Waals surface area contributed by atoms with E-state index < -0.39 is 5.91 Å². The minimum Gasteiger partial charge on any atom is -0.497 e. The van der Waals surface area contributed by atoms with Crippen LogP contribution in [-0.4, -0.2) is 23.9 Å². The van der Waals surface area contributed by atoms with Gasteiger partial charge in [-0.05, 0) is 48.5 Å². The molecule has 4 aromatic rings. The Labute approximate surface area is 179 Å². The van der Waals surface area contributed by atoms with Gasteiger partial charge in [0, 0.05) is 33.9 Å². The van der Waals surface area contributed by atoms with Crippen LogP contribution < -0.4 is 15.4 Å². The molecule has 3 aromatic carbocycles. The number of rotatable bonds is 6. The minimum atomic E-state index is -0.431. The maximum absolute atomic E-state index is 13.1. The van der Waals surface area contributed by atoms with E-state index in [2.05, 4.69) is 15.6 Å². The Morgan fingerprint density at radius 3 is 2.35 bits per heavy atom. The highest BCUT2D eigenvalue weighted by molar-refractivity contribution is 6.11. The van der Waals surface area contributed by atoms with Crippen molar-refractivity contribution in [3.8, 4) is 5.75 Å². The van der Waals surface area contributed by atoms with Crippen LogP contribution in [0.15, 0.2) is 90.8 Å². The lowest BCUT2D eigenvalue weighted by atomic mass is 10.1. The molecule has 1 heterocycles. The van der Waals surface area contributed by atoms with Crippen molar-refractivity contribution in [1.29, 1.82) is 0 Å². The normalized spacial score (nSPS) is 11.2. The first-order chi connectivity index (χ1) is 15.1. The molecule has 0 saturated heterocycles. The molecule has 0 unspecified atom stereocenters. The molecule has 0 aliphatic heterocycles. The number of hydrogen-bond acceptors (Lipinski definition) is 3. The fourth-order valence-corrected chi connectivity index (χ4v) is 3.18. The number of para-hydroxylation sites is 1. The van der Waals surface area contributed by atoms with Crippen LogP contribution in [0.1, 0.15) is 15.9 Å². The number of methoxy groups -OCH3 is 1. The van der Waals surface area contributed by atoms with E-state index >= 15 is 0 Å². The zero-order valence-electron chi connectivity index (χ0n) is 16.9. The topological polar surface area (TPSA) is 83.2 Å². The molecular weight excluding hydrogens is 390 g/mol. The van der Waals surface area contributed by atoms with Gasteiger partial charge in [-0.3, -0.25) is 9.59 Å². The molecule has 154 valence electrons. The van der Waals surface area contributed by atoms with Gasteiger partial charge in [-0.1, -0.05) is 36.4 Å². The van der Waals surface area contributed by atoms with Crippen LogP contribution in [0.2, 0.25) is 0 Å². The third-order valence-electron chi connectivity index (χ3n) is 4.80. The predicted octanol–water partition coefficient (Wildman–Crippen LogP) is 4.59. The number of ether oxygens (including phenoxy) is 1. The third-order valence-corrected chi connectivity index (χ3v) is 4.80. The van der Waals surface area contributed by atoms with Crippen molar-refractivity contribution in [2.75, 3.05) is 12.4 Å². The summed E-state index contributed by atoms with van der Waals surface area (Å²) in [5, 5.41) is 6.52. The first-order valence-electron chi connectivity index (χ1n) is 9.73. The van der Waals surface area contributed by atoms with Crippen molar-refractivity contribution in [2.24, 2.45) is 0 Å². The zero-order valence-corrected chi connectivity index (χ0v) is 16.9. The first kappa shape index (κ1) is 20.0. The predicted molar refractivity (Wildman–Crippen MR) is 122 cm³/mol. The molecular formula is C25H21N3O3. The first-order valence-corrected chi connectivity index (χ1v) is 9.73. The minimum absolute atomic E-state index is 0.134. The van der Waals surface area contributed by atoms with Crippen molar-refractivity contribution in [3.05, 3.63) is 102 Å². The summed E-state index contributed by atoms with van der Waals surface area (Å²) in [5.41, 5.74) is 2.92. The van der Waals surface area contributed by atoms with Crippen LogP contribution >= 0.6 is 0 Å². The van der Waals surface area contributed by atoms with Crippen LogP contribution in [0.4, 0.5) is 5.69 Å². The number of nitrogens with one attached hydrogen (secondary N) is 3. The van der Waals surface area contributed by atoms with Gasteiger partial charge in [-0.15, -0.1) is 0 Å². The van der Waals surface area contributed by atoms with Crippen molar-refractivity contribution >= 4 is 34.5 Å². The highest BCUT2D eigenvalue weighted by atomic mass is 16.5. The Morgan fingerprint density at radius 1 is 0.903 bits per heavy atom. The van der Waals surface area contributed by atoms with Crippen molar-refractivity contribution in [2.45, 2.75) is 0 Å². The van der Waals surface area contributed by atoms with Crippen LogP contribution in [0, 0.1) is 0 Å². The number of H-pyrrole nitrogens is 1. The highest BCUT2D eigenvalue weighted by Crippen LogP contribution is 2.21. The van der Waals surface area contributed by atoms with Crippen molar-refractivity contribution < 1.29 is 14.3 Å². The standard InChI is InChI=1S/C25H21N3O3/c1-31-20-13-11-19(12-14-20)27-25(30)23(28-24(29)17-7-3-2-4-8-17)15-18-16-26-22-10-6-5-9-21(18)22/h2-16,26H,1H3,(H,27,30)(H,28,29). The lowest BCUT2D eigenvalue weighted by Crippen LogP contribution is -2.30. The van der Waals surface area contributed by atoms with Gasteiger partial charge in [0.05, 0.1) is 7.11 Å². The molecule has 0 spiro atoms. The number of hydrogen-bond donors (Lipinski definition) is 3. The van der Waals surface area contributed by atoms with E-state index in [0.29, 0.717) is 17.0 Å². The number of anilines is 1. The SMILES string of the molecule is COc1ccc(NC(=O)C(=Cc2c[nH]c3ccccc23)NC(=O)c2ccccc2)cc1. The van der Waals surface area contributed by atoms with Gasteiger partial charge in [0.25, 0.3) is 11.8 Å². The number of aromatic amines is 1. The smallest absolute Gasteiger partial charge is 0.272 e. The Kier molecular flexibility index (Phi) is 5.80. The Balaban J connectivity index is 1.65. The number of amides is 2. The molecule has 6 heteroatoms. The lowest BCUT2D eigenvalue weighted by molar-refractivity contribution is -0.113. The molecule has 0 radical (unpaired) electrons. The summed E-state index contributed by atoms with van der Waals surface area (Å²) in [4.78, 5) is 29.0. The maximum atomic E-state index is 13.1. The van der Waals surface area contributed by atoms with E-state index in [1.165, 1.54) is 0 Å². The van der Waals surface area contributed by atoms with Crippen LogP contribution in [0.3, 0.4) is 0 Å². The van der Waals surface area contributed by atoms with Gasteiger partial charge < -0.3 is 20.4 Å². The molecule has 6 nitrogen and oxygen atoms in total. The number of fused-ring (bicyclic) bond motifs is 1. The van der Waals surface area contributed by atoms with Gasteiger partial charge in [0.15, 0.2) is 0 Å². The number of carbonyl (C=O) groups is 2. The molecule has 1 aromatic heterocycles. The summed E-state index contributed by atoms with van der Waals surface area (Å²) < 4.78 is 5.15. The summed E-state index contributed by atoms with van der Waals surface area (Å²) in [6.07, 6.45) is 3.47. The fraction of sp³-hybridized carbons (Fsp3) is 0.0400. The second kappa shape index (κ2) is 9.00. The van der Waals surface area contributed by atoms with Gasteiger partial charge in [-0.25, -0.2) is 0 Å². The second-order valence-corrected chi connectivity index (χ2v) is 6.85. The molecule has 0 atom stereocenters. The zero-order chi connectivity index (χ0) is 21.6. The van der Waals surface area contributed by atoms with Gasteiger partial charge in [-0.2, -0.15) is 0 Å². The van der Waals surface area contributed by atoms with Gasteiger partial charge in [0.2, 0.25) is 0 Å². The van der Waals surface area contributed by atoms with Crippen molar-refractivity contribution in [1.82, 2.24) is 10.3 Å². The van der Waals surface area contributed by atoms with Crippen LogP contribution in [-0.2, 0) is 4.79 Å². The van der Waals surface area contributed by atoms with E-state index in [1.807, 2.05) is 30.3 Å². The van der Waals surface area contributed by atoms with E-state index in [-0.39, 0.29) is 11.6 Å². The summed E-state index contributed by atoms with van der Waals surface area (Å²) in [7, 11) is 1.58. The quantitative estimate of drug-likeness (QED) is 0.406. The molecule has 0 fully saturated rings. The van der Waals surface area contributed by atoms with E-state index in [0.717, 1.165) is 16.5 Å². The van der Waals surface area contributed by atoms with E-state index in [1.54, 1.807) is 67.9 Å². The molecule has 0 aliphatic carbocycles. The summed E-state index contributed by atoms with van der Waals surface area (Å²) >= 11 is 0. The third kappa shape index (κ3) is 4.64. The van der Waals surface area contributed by atoms with E-state index in [4.69, 9.17) is 4.74 Å². The summed E-state index contributed by atoms with van der Waals surface area (Å²) in [6, 6.07) is 23.5. The van der Waals surface area contributed by atoms with Gasteiger partial charge in [0.1, 0.15) is 11.4 Å². The Morgan fingerprint density at radius 2 is 1.61 bits per heavy atom.